The molecule has 35 heavy (non-hydrogen) atoms. The Morgan fingerprint density at radius 3 is 2.71 bits per heavy atom. The molecule has 3 aromatic rings. The van der Waals surface area contributed by atoms with Crippen LogP contribution in [0.1, 0.15) is 47.7 Å². The second-order valence-electron chi connectivity index (χ2n) is 7.87. The number of aryl methyl sites for hydroxylation is 2. The summed E-state index contributed by atoms with van der Waals surface area (Å²) in [6.07, 6.45) is -1.15. The van der Waals surface area contributed by atoms with Gasteiger partial charge in [0, 0.05) is 19.0 Å². The number of carbonyl (C=O) groups is 2. The molecule has 0 bridgehead atoms. The highest BCUT2D eigenvalue weighted by Crippen LogP contribution is 2.24. The number of hydrogen-bond donors (Lipinski definition) is 2. The molecule has 0 spiro atoms. The van der Waals surface area contributed by atoms with E-state index in [2.05, 4.69) is 35.9 Å². The van der Waals surface area contributed by atoms with Gasteiger partial charge in [0.15, 0.2) is 5.69 Å². The molecule has 3 rings (SSSR count). The highest BCUT2D eigenvalue weighted by molar-refractivity contribution is 7.15. The Balaban J connectivity index is 1.41. The van der Waals surface area contributed by atoms with Crippen molar-refractivity contribution in [2.24, 2.45) is 0 Å². The molecule has 0 aliphatic rings. The van der Waals surface area contributed by atoms with Crippen molar-refractivity contribution >= 4 is 28.3 Å². The highest BCUT2D eigenvalue weighted by atomic mass is 32.1. The topological polar surface area (TPSA) is 124 Å². The fourth-order valence-electron chi connectivity index (χ4n) is 3.00. The van der Waals surface area contributed by atoms with Gasteiger partial charge in [0.1, 0.15) is 10.8 Å². The molecular formula is C21H24F3N7O3S. The maximum atomic E-state index is 12.4. The minimum atomic E-state index is -4.80. The zero-order valence-corrected chi connectivity index (χ0v) is 19.8. The molecule has 14 heteroatoms. The monoisotopic (exact) mass is 511 g/mol. The van der Waals surface area contributed by atoms with Crippen LogP contribution < -0.4 is 15.4 Å². The van der Waals surface area contributed by atoms with Gasteiger partial charge in [-0.15, -0.1) is 28.5 Å². The summed E-state index contributed by atoms with van der Waals surface area (Å²) in [4.78, 5) is 24.1. The van der Waals surface area contributed by atoms with Crippen LogP contribution in [0.2, 0.25) is 0 Å². The van der Waals surface area contributed by atoms with Gasteiger partial charge in [-0.2, -0.15) is 0 Å². The Labute approximate surface area is 202 Å². The number of alkyl halides is 3. The molecule has 0 aliphatic carbocycles. The number of rotatable bonds is 11. The van der Waals surface area contributed by atoms with Gasteiger partial charge in [0.05, 0.1) is 12.6 Å². The number of ether oxygens (including phenoxy) is 1. The number of halogens is 3. The first kappa shape index (κ1) is 26.1. The zero-order valence-electron chi connectivity index (χ0n) is 19.0. The summed E-state index contributed by atoms with van der Waals surface area (Å²) in [6.45, 7) is 4.31. The van der Waals surface area contributed by atoms with Crippen molar-refractivity contribution in [3.05, 3.63) is 46.7 Å². The van der Waals surface area contributed by atoms with Crippen LogP contribution in [0.25, 0.3) is 0 Å². The predicted molar refractivity (Wildman–Crippen MR) is 121 cm³/mol. The summed E-state index contributed by atoms with van der Waals surface area (Å²) < 4.78 is 42.5. The number of benzene rings is 1. The molecule has 2 amide bonds. The lowest BCUT2D eigenvalue weighted by Gasteiger charge is -2.09. The number of nitrogens with one attached hydrogen (secondary N) is 2. The maximum absolute atomic E-state index is 12.4. The van der Waals surface area contributed by atoms with Crippen LogP contribution in [0.5, 0.6) is 5.75 Å². The Bertz CT molecular complexity index is 1150. The van der Waals surface area contributed by atoms with Gasteiger partial charge in [-0.05, 0) is 44.4 Å². The first-order valence-corrected chi connectivity index (χ1v) is 11.6. The third-order valence-electron chi connectivity index (χ3n) is 4.43. The summed E-state index contributed by atoms with van der Waals surface area (Å²) in [5.41, 5.74) is 0.634. The summed E-state index contributed by atoms with van der Waals surface area (Å²) in [5.74, 6) is -1.08. The largest absolute Gasteiger partial charge is 0.573 e. The molecule has 0 fully saturated rings. The molecule has 2 heterocycles. The first-order chi connectivity index (χ1) is 16.6. The minimum Gasteiger partial charge on any atom is -0.406 e. The van der Waals surface area contributed by atoms with E-state index >= 15 is 0 Å². The standard InChI is InChI=1S/C21H24F3N7O3S/c1-13(2)25-19(33)16-12-31(30-27-16)9-4-3-8-18-28-29-20(35-18)26-17(32)11-14-6-5-7-15(10-14)34-21(22,23)24/h5-7,10,12-13H,3-4,8-9,11H2,1-2H3,(H,25,33)(H,26,29,32). The number of carbonyl (C=O) groups excluding carboxylic acids is 2. The summed E-state index contributed by atoms with van der Waals surface area (Å²) in [6, 6.07) is 5.25. The van der Waals surface area contributed by atoms with Gasteiger partial charge in [-0.25, -0.2) is 0 Å². The molecule has 2 N–H and O–H groups in total. The number of hydrogen-bond acceptors (Lipinski definition) is 8. The number of amides is 2. The quantitative estimate of drug-likeness (QED) is 0.378. The van der Waals surface area contributed by atoms with Crippen LogP contribution >= 0.6 is 11.3 Å². The van der Waals surface area contributed by atoms with Gasteiger partial charge in [0.2, 0.25) is 11.0 Å². The Kier molecular flexibility index (Phi) is 8.73. The molecule has 0 radical (unpaired) electrons. The van der Waals surface area contributed by atoms with Crippen molar-refractivity contribution in [1.82, 2.24) is 30.5 Å². The minimum absolute atomic E-state index is 0.0123. The molecule has 2 aromatic heterocycles. The zero-order chi connectivity index (χ0) is 25.4. The third-order valence-corrected chi connectivity index (χ3v) is 5.33. The van der Waals surface area contributed by atoms with Crippen LogP contribution in [0.3, 0.4) is 0 Å². The fourth-order valence-corrected chi connectivity index (χ4v) is 3.80. The van der Waals surface area contributed by atoms with E-state index in [1.54, 1.807) is 10.9 Å². The van der Waals surface area contributed by atoms with Gasteiger partial charge < -0.3 is 15.4 Å². The molecule has 1 aromatic carbocycles. The third kappa shape index (κ3) is 8.96. The number of unbranched alkanes of at least 4 members (excludes halogenated alkanes) is 1. The average Bonchev–Trinajstić information content (AvgIpc) is 3.39. The second-order valence-corrected chi connectivity index (χ2v) is 8.94. The molecular weight excluding hydrogens is 487 g/mol. The van der Waals surface area contributed by atoms with E-state index in [1.807, 2.05) is 13.8 Å². The van der Waals surface area contributed by atoms with Gasteiger partial charge in [0.25, 0.3) is 5.91 Å². The average molecular weight is 512 g/mol. The summed E-state index contributed by atoms with van der Waals surface area (Å²) in [7, 11) is 0. The Hall–Kier alpha value is -3.55. The van der Waals surface area contributed by atoms with E-state index in [1.165, 1.54) is 23.5 Å². The molecule has 0 aliphatic heterocycles. The normalized spacial score (nSPS) is 11.5. The number of nitrogens with zero attached hydrogens (tertiary/aromatic N) is 5. The second kappa shape index (κ2) is 11.7. The molecule has 0 saturated carbocycles. The van der Waals surface area contributed by atoms with Gasteiger partial charge >= 0.3 is 6.36 Å². The molecule has 10 nitrogen and oxygen atoms in total. The van der Waals surface area contributed by atoms with Crippen molar-refractivity contribution in [1.29, 1.82) is 0 Å². The Morgan fingerprint density at radius 1 is 1.17 bits per heavy atom. The summed E-state index contributed by atoms with van der Waals surface area (Å²) >= 11 is 1.23. The van der Waals surface area contributed by atoms with Crippen molar-refractivity contribution in [2.75, 3.05) is 5.32 Å². The van der Waals surface area contributed by atoms with E-state index in [0.29, 0.717) is 23.7 Å². The van der Waals surface area contributed by atoms with Crippen molar-refractivity contribution in [2.45, 2.75) is 58.5 Å². The van der Waals surface area contributed by atoms with E-state index in [0.717, 1.165) is 30.0 Å². The summed E-state index contributed by atoms with van der Waals surface area (Å²) in [5, 5.41) is 22.2. The van der Waals surface area contributed by atoms with E-state index < -0.39 is 12.3 Å². The molecule has 0 unspecified atom stereocenters. The van der Waals surface area contributed by atoms with Crippen molar-refractivity contribution < 1.29 is 27.5 Å². The maximum Gasteiger partial charge on any atom is 0.573 e. The van der Waals surface area contributed by atoms with Crippen LogP contribution in [-0.2, 0) is 24.2 Å². The van der Waals surface area contributed by atoms with Crippen LogP contribution in [0.15, 0.2) is 30.5 Å². The lowest BCUT2D eigenvalue weighted by molar-refractivity contribution is -0.274. The number of anilines is 1. The lowest BCUT2D eigenvalue weighted by atomic mass is 10.1. The van der Waals surface area contributed by atoms with Crippen molar-refractivity contribution in [3.8, 4) is 5.75 Å². The van der Waals surface area contributed by atoms with Gasteiger partial charge in [-0.1, -0.05) is 28.7 Å². The van der Waals surface area contributed by atoms with Crippen LogP contribution in [-0.4, -0.2) is 49.4 Å². The lowest BCUT2D eigenvalue weighted by Crippen LogP contribution is -2.30. The van der Waals surface area contributed by atoms with E-state index in [4.69, 9.17) is 0 Å². The SMILES string of the molecule is CC(C)NC(=O)c1cn(CCCCc2nnc(NC(=O)Cc3cccc(OC(F)(F)F)c3)s2)nn1. The molecule has 0 atom stereocenters. The highest BCUT2D eigenvalue weighted by Gasteiger charge is 2.31. The molecule has 188 valence electrons. The number of aromatic nitrogens is 5. The smallest absolute Gasteiger partial charge is 0.406 e. The Morgan fingerprint density at radius 2 is 1.97 bits per heavy atom. The fraction of sp³-hybridized carbons (Fsp3) is 0.429. The van der Waals surface area contributed by atoms with E-state index in [-0.39, 0.29) is 29.8 Å². The van der Waals surface area contributed by atoms with Crippen LogP contribution in [0, 0.1) is 0 Å². The molecule has 0 saturated heterocycles. The van der Waals surface area contributed by atoms with Crippen molar-refractivity contribution in [3.63, 3.8) is 0 Å². The first-order valence-electron chi connectivity index (χ1n) is 10.8. The van der Waals surface area contributed by atoms with E-state index in [9.17, 15) is 22.8 Å². The van der Waals surface area contributed by atoms with Gasteiger partial charge in [-0.3, -0.25) is 14.3 Å². The predicted octanol–water partition coefficient (Wildman–Crippen LogP) is 3.37. The van der Waals surface area contributed by atoms with Crippen LogP contribution in [0.4, 0.5) is 18.3 Å².